The molecule has 3 aromatic rings. The first-order chi connectivity index (χ1) is 13.0. The molecule has 0 bridgehead atoms. The maximum atomic E-state index is 12.5. The Morgan fingerprint density at radius 1 is 1.26 bits per heavy atom. The first kappa shape index (κ1) is 19.7. The molecule has 9 heteroatoms. The third-order valence-corrected chi connectivity index (χ3v) is 6.83. The number of hydrogen-bond donors (Lipinski definition) is 1. The van der Waals surface area contributed by atoms with E-state index in [1.54, 1.807) is 17.6 Å². The lowest BCUT2D eigenvalue weighted by Crippen LogP contribution is -2.10. The number of rotatable bonds is 9. The van der Waals surface area contributed by atoms with E-state index in [9.17, 15) is 13.2 Å². The fourth-order valence-corrected chi connectivity index (χ4v) is 5.06. The van der Waals surface area contributed by atoms with Crippen LogP contribution in [-0.4, -0.2) is 32.3 Å². The van der Waals surface area contributed by atoms with Gasteiger partial charge in [-0.25, -0.2) is 4.98 Å². The van der Waals surface area contributed by atoms with Crippen molar-refractivity contribution in [1.29, 1.82) is 0 Å². The van der Waals surface area contributed by atoms with Crippen molar-refractivity contribution in [2.75, 3.05) is 18.5 Å². The number of carbonyl (C=O) groups is 1. The SMILES string of the molecule is Cc1ccccc1C(=O)c1cnc(NCCCOS(=O)(=O)c2ccsc2)s1. The molecule has 1 aromatic carbocycles. The molecule has 3 rings (SSSR count). The van der Waals surface area contributed by atoms with Crippen molar-refractivity contribution in [3.8, 4) is 0 Å². The summed E-state index contributed by atoms with van der Waals surface area (Å²) in [6.07, 6.45) is 2.04. The molecule has 0 fully saturated rings. The van der Waals surface area contributed by atoms with E-state index in [4.69, 9.17) is 4.18 Å². The average molecular weight is 423 g/mol. The quantitative estimate of drug-likeness (QED) is 0.319. The topological polar surface area (TPSA) is 85.4 Å². The highest BCUT2D eigenvalue weighted by atomic mass is 32.2. The van der Waals surface area contributed by atoms with Gasteiger partial charge in [0.1, 0.15) is 4.90 Å². The Morgan fingerprint density at radius 2 is 2.07 bits per heavy atom. The van der Waals surface area contributed by atoms with Crippen LogP contribution in [0.4, 0.5) is 5.13 Å². The predicted molar refractivity (Wildman–Crippen MR) is 107 cm³/mol. The van der Waals surface area contributed by atoms with Gasteiger partial charge in [-0.2, -0.15) is 19.8 Å². The lowest BCUT2D eigenvalue weighted by molar-refractivity contribution is 0.104. The van der Waals surface area contributed by atoms with E-state index in [0.717, 1.165) is 5.56 Å². The van der Waals surface area contributed by atoms with Crippen molar-refractivity contribution < 1.29 is 17.4 Å². The summed E-state index contributed by atoms with van der Waals surface area (Å²) in [7, 11) is -3.68. The Labute approximate surface area is 166 Å². The molecule has 0 spiro atoms. The maximum absolute atomic E-state index is 12.5. The molecular formula is C18H18N2O4S3. The molecule has 0 atom stereocenters. The largest absolute Gasteiger partial charge is 0.361 e. The van der Waals surface area contributed by atoms with Crippen molar-refractivity contribution in [2.45, 2.75) is 18.2 Å². The molecule has 0 aliphatic carbocycles. The molecule has 1 N–H and O–H groups in total. The summed E-state index contributed by atoms with van der Waals surface area (Å²) in [4.78, 5) is 17.5. The molecule has 0 saturated heterocycles. The van der Waals surface area contributed by atoms with E-state index in [1.807, 2.05) is 25.1 Å². The van der Waals surface area contributed by atoms with E-state index in [1.165, 1.54) is 34.1 Å². The number of carbonyl (C=O) groups excluding carboxylic acids is 1. The highest BCUT2D eigenvalue weighted by Crippen LogP contribution is 2.22. The number of anilines is 1. The normalized spacial score (nSPS) is 11.4. The van der Waals surface area contributed by atoms with Crippen LogP contribution >= 0.6 is 22.7 Å². The summed E-state index contributed by atoms with van der Waals surface area (Å²) in [6.45, 7) is 2.47. The number of nitrogens with one attached hydrogen (secondary N) is 1. The number of thiazole rings is 1. The van der Waals surface area contributed by atoms with Gasteiger partial charge in [0, 0.05) is 17.5 Å². The molecule has 0 saturated carbocycles. The number of hydrogen-bond acceptors (Lipinski definition) is 8. The molecule has 0 amide bonds. The fraction of sp³-hybridized carbons (Fsp3) is 0.222. The molecular weight excluding hydrogens is 404 g/mol. The zero-order chi connectivity index (χ0) is 19.3. The van der Waals surface area contributed by atoms with Crippen LogP contribution in [0, 0.1) is 6.92 Å². The monoisotopic (exact) mass is 422 g/mol. The van der Waals surface area contributed by atoms with Gasteiger partial charge < -0.3 is 5.32 Å². The first-order valence-electron chi connectivity index (χ1n) is 8.19. The zero-order valence-corrected chi connectivity index (χ0v) is 17.0. The van der Waals surface area contributed by atoms with Crippen LogP contribution in [0.15, 0.2) is 52.2 Å². The van der Waals surface area contributed by atoms with Gasteiger partial charge in [-0.1, -0.05) is 35.6 Å². The van der Waals surface area contributed by atoms with Crippen LogP contribution in [-0.2, 0) is 14.3 Å². The van der Waals surface area contributed by atoms with Crippen molar-refractivity contribution in [2.24, 2.45) is 0 Å². The van der Waals surface area contributed by atoms with E-state index in [-0.39, 0.29) is 17.3 Å². The second-order valence-electron chi connectivity index (χ2n) is 5.69. The van der Waals surface area contributed by atoms with Crippen molar-refractivity contribution >= 4 is 43.7 Å². The third kappa shape index (κ3) is 5.01. The van der Waals surface area contributed by atoms with Gasteiger partial charge in [0.2, 0.25) is 5.78 Å². The summed E-state index contributed by atoms with van der Waals surface area (Å²) in [5.41, 5.74) is 1.59. The summed E-state index contributed by atoms with van der Waals surface area (Å²) in [5.74, 6) is -0.0520. The van der Waals surface area contributed by atoms with Crippen LogP contribution in [0.3, 0.4) is 0 Å². The minimum Gasteiger partial charge on any atom is -0.361 e. The summed E-state index contributed by atoms with van der Waals surface area (Å²) in [6, 6.07) is 8.95. The van der Waals surface area contributed by atoms with Crippen LogP contribution in [0.2, 0.25) is 0 Å². The van der Waals surface area contributed by atoms with Gasteiger partial charge in [-0.3, -0.25) is 8.98 Å². The van der Waals surface area contributed by atoms with Gasteiger partial charge in [0.15, 0.2) is 5.13 Å². The highest BCUT2D eigenvalue weighted by molar-refractivity contribution is 7.86. The van der Waals surface area contributed by atoms with Crippen molar-refractivity contribution in [3.63, 3.8) is 0 Å². The molecule has 6 nitrogen and oxygen atoms in total. The van der Waals surface area contributed by atoms with Gasteiger partial charge in [-0.05, 0) is 30.4 Å². The summed E-state index contributed by atoms with van der Waals surface area (Å²) < 4.78 is 28.8. The molecule has 2 heterocycles. The van der Waals surface area contributed by atoms with Gasteiger partial charge in [-0.15, -0.1) is 0 Å². The Kier molecular flexibility index (Phi) is 6.38. The average Bonchev–Trinajstić information content (AvgIpc) is 3.34. The number of thiophene rings is 1. The maximum Gasteiger partial charge on any atom is 0.297 e. The van der Waals surface area contributed by atoms with Crippen LogP contribution < -0.4 is 5.32 Å². The summed E-state index contributed by atoms with van der Waals surface area (Å²) in [5, 5.41) is 6.94. The molecule has 2 aromatic heterocycles. The minimum atomic E-state index is -3.68. The van der Waals surface area contributed by atoms with Gasteiger partial charge in [0.25, 0.3) is 10.1 Å². The zero-order valence-electron chi connectivity index (χ0n) is 14.5. The molecule has 27 heavy (non-hydrogen) atoms. The molecule has 0 radical (unpaired) electrons. The van der Waals surface area contributed by atoms with E-state index >= 15 is 0 Å². The van der Waals surface area contributed by atoms with Crippen molar-refractivity contribution in [1.82, 2.24) is 4.98 Å². The van der Waals surface area contributed by atoms with Gasteiger partial charge in [0.05, 0.1) is 17.7 Å². The Bertz CT molecular complexity index is 1010. The standard InChI is InChI=1S/C18H18N2O4S3/c1-13-5-2-3-6-15(13)17(21)16-11-20-18(26-16)19-8-4-9-24-27(22,23)14-7-10-25-12-14/h2-3,5-7,10-12H,4,8-9H2,1H3,(H,19,20). The van der Waals surface area contributed by atoms with Gasteiger partial charge >= 0.3 is 0 Å². The van der Waals surface area contributed by atoms with E-state index < -0.39 is 10.1 Å². The Balaban J connectivity index is 1.48. The number of aromatic nitrogens is 1. The number of benzene rings is 1. The molecule has 0 aliphatic heterocycles. The third-order valence-electron chi connectivity index (χ3n) is 3.74. The van der Waals surface area contributed by atoms with Crippen LogP contribution in [0.1, 0.15) is 27.2 Å². The predicted octanol–water partition coefficient (Wildman–Crippen LogP) is 3.95. The first-order valence-corrected chi connectivity index (χ1v) is 11.4. The van der Waals surface area contributed by atoms with Crippen LogP contribution in [0.5, 0.6) is 0 Å². The van der Waals surface area contributed by atoms with E-state index in [2.05, 4.69) is 10.3 Å². The van der Waals surface area contributed by atoms with Crippen molar-refractivity contribution in [3.05, 3.63) is 63.3 Å². The highest BCUT2D eigenvalue weighted by Gasteiger charge is 2.16. The second kappa shape index (κ2) is 8.75. The second-order valence-corrected chi connectivity index (χ2v) is 9.12. The molecule has 0 aliphatic rings. The minimum absolute atomic E-state index is 0.0520. The fourth-order valence-electron chi connectivity index (χ4n) is 2.32. The molecule has 0 unspecified atom stereocenters. The Hall–Kier alpha value is -2.07. The van der Waals surface area contributed by atoms with E-state index in [0.29, 0.717) is 28.5 Å². The lowest BCUT2D eigenvalue weighted by atomic mass is 10.0. The molecule has 142 valence electrons. The summed E-state index contributed by atoms with van der Waals surface area (Å²) >= 11 is 2.58. The number of aryl methyl sites for hydroxylation is 1. The Morgan fingerprint density at radius 3 is 2.81 bits per heavy atom. The smallest absolute Gasteiger partial charge is 0.297 e. The lowest BCUT2D eigenvalue weighted by Gasteiger charge is -2.04. The number of nitrogens with zero attached hydrogens (tertiary/aromatic N) is 1. The van der Waals surface area contributed by atoms with Crippen LogP contribution in [0.25, 0.3) is 0 Å². The number of ketones is 1.